The van der Waals surface area contributed by atoms with Crippen molar-refractivity contribution in [3.63, 3.8) is 0 Å². The molecule has 2 aromatic carbocycles. The standard InChI is InChI=1S/C22H17N3O3/c26-18-11-12-24-20(21(18)27)22-17(23-14-28-22)13-25(24)19(15-7-3-1-4-8-15)16-9-5-2-6-10-16/h1-12,14,19,27H,13H2. The van der Waals surface area contributed by atoms with Gasteiger partial charge in [0.25, 0.3) is 0 Å². The van der Waals surface area contributed by atoms with Crippen LogP contribution in [0.4, 0.5) is 0 Å². The monoisotopic (exact) mass is 371 g/mol. The Morgan fingerprint density at radius 1 is 0.964 bits per heavy atom. The van der Waals surface area contributed by atoms with E-state index in [9.17, 15) is 9.90 Å². The van der Waals surface area contributed by atoms with Crippen molar-refractivity contribution in [2.45, 2.75) is 12.6 Å². The van der Waals surface area contributed by atoms with E-state index >= 15 is 0 Å². The van der Waals surface area contributed by atoms with E-state index in [2.05, 4.69) is 34.3 Å². The molecule has 0 aliphatic carbocycles. The van der Waals surface area contributed by atoms with Gasteiger partial charge in [-0.1, -0.05) is 60.7 Å². The SMILES string of the molecule is O=c1ccn2c(c1O)-c1ocnc1CN2C(c1ccccc1)c1ccccc1. The van der Waals surface area contributed by atoms with E-state index in [4.69, 9.17) is 4.42 Å². The van der Waals surface area contributed by atoms with Gasteiger partial charge in [-0.15, -0.1) is 0 Å². The van der Waals surface area contributed by atoms with Crippen LogP contribution in [-0.2, 0) is 6.54 Å². The van der Waals surface area contributed by atoms with Gasteiger partial charge in [-0.25, -0.2) is 4.98 Å². The predicted molar refractivity (Wildman–Crippen MR) is 105 cm³/mol. The van der Waals surface area contributed by atoms with Crippen molar-refractivity contribution in [2.75, 3.05) is 5.01 Å². The first kappa shape index (κ1) is 16.4. The summed E-state index contributed by atoms with van der Waals surface area (Å²) in [5.74, 6) is 0.0800. The molecule has 6 nitrogen and oxygen atoms in total. The van der Waals surface area contributed by atoms with Gasteiger partial charge in [0.05, 0.1) is 12.6 Å². The van der Waals surface area contributed by atoms with Gasteiger partial charge in [0.2, 0.25) is 5.43 Å². The fourth-order valence-corrected chi connectivity index (χ4v) is 3.77. The zero-order valence-electron chi connectivity index (χ0n) is 14.9. The molecule has 0 spiro atoms. The van der Waals surface area contributed by atoms with Gasteiger partial charge in [0.15, 0.2) is 23.6 Å². The van der Waals surface area contributed by atoms with Crippen LogP contribution in [0.1, 0.15) is 22.9 Å². The lowest BCUT2D eigenvalue weighted by atomic mass is 9.97. The molecule has 5 rings (SSSR count). The van der Waals surface area contributed by atoms with Crippen molar-refractivity contribution in [3.05, 3.63) is 106 Å². The number of nitrogens with zero attached hydrogens (tertiary/aromatic N) is 3. The van der Waals surface area contributed by atoms with Gasteiger partial charge in [-0.05, 0) is 11.1 Å². The number of aromatic hydroxyl groups is 1. The van der Waals surface area contributed by atoms with Crippen LogP contribution < -0.4 is 10.4 Å². The summed E-state index contributed by atoms with van der Waals surface area (Å²) in [5, 5.41) is 12.6. The molecule has 0 fully saturated rings. The summed E-state index contributed by atoms with van der Waals surface area (Å²) in [7, 11) is 0. The van der Waals surface area contributed by atoms with E-state index in [1.807, 2.05) is 36.4 Å². The first-order valence-corrected chi connectivity index (χ1v) is 8.98. The number of oxazole rings is 1. The fraction of sp³-hybridized carbons (Fsp3) is 0.0909. The van der Waals surface area contributed by atoms with Gasteiger partial charge >= 0.3 is 0 Å². The molecule has 0 saturated heterocycles. The number of rotatable bonds is 3. The van der Waals surface area contributed by atoms with Crippen LogP contribution in [0, 0.1) is 0 Å². The first-order valence-electron chi connectivity index (χ1n) is 8.98. The highest BCUT2D eigenvalue weighted by atomic mass is 16.3. The highest BCUT2D eigenvalue weighted by molar-refractivity contribution is 5.66. The topological polar surface area (TPSA) is 71.5 Å². The van der Waals surface area contributed by atoms with Crippen molar-refractivity contribution in [1.82, 2.24) is 9.66 Å². The zero-order valence-corrected chi connectivity index (χ0v) is 14.9. The van der Waals surface area contributed by atoms with Crippen LogP contribution in [0.15, 0.2) is 88.5 Å². The lowest BCUT2D eigenvalue weighted by molar-refractivity contribution is 0.438. The average molecular weight is 371 g/mol. The molecule has 4 aromatic rings. The van der Waals surface area contributed by atoms with Crippen LogP contribution in [0.5, 0.6) is 5.75 Å². The van der Waals surface area contributed by atoms with Crippen molar-refractivity contribution < 1.29 is 9.52 Å². The summed E-state index contributed by atoms with van der Waals surface area (Å²) >= 11 is 0. The third-order valence-corrected chi connectivity index (χ3v) is 5.03. The smallest absolute Gasteiger partial charge is 0.224 e. The number of hydrogen-bond acceptors (Lipinski definition) is 5. The maximum atomic E-state index is 12.1. The molecule has 0 unspecified atom stereocenters. The number of hydrogen-bond donors (Lipinski definition) is 1. The molecule has 1 N–H and O–H groups in total. The minimum atomic E-state index is -0.452. The lowest BCUT2D eigenvalue weighted by Crippen LogP contribution is -2.42. The molecule has 0 amide bonds. The third kappa shape index (κ3) is 2.50. The summed E-state index contributed by atoms with van der Waals surface area (Å²) in [6.07, 6.45) is 3.01. The Kier molecular flexibility index (Phi) is 3.76. The Balaban J connectivity index is 1.76. The summed E-state index contributed by atoms with van der Waals surface area (Å²) in [5.41, 5.74) is 2.72. The largest absolute Gasteiger partial charge is 0.503 e. The van der Waals surface area contributed by atoms with Crippen LogP contribution in [-0.4, -0.2) is 14.8 Å². The van der Waals surface area contributed by atoms with Gasteiger partial charge in [0, 0.05) is 12.3 Å². The Hall–Kier alpha value is -3.80. The van der Waals surface area contributed by atoms with E-state index in [0.29, 0.717) is 23.7 Å². The van der Waals surface area contributed by atoms with Crippen molar-refractivity contribution in [2.24, 2.45) is 0 Å². The highest BCUT2D eigenvalue weighted by Gasteiger charge is 2.33. The maximum Gasteiger partial charge on any atom is 0.224 e. The van der Waals surface area contributed by atoms with Gasteiger partial charge in [0.1, 0.15) is 5.69 Å². The fourth-order valence-electron chi connectivity index (χ4n) is 3.77. The minimum absolute atomic E-state index is 0.145. The molecular formula is C22H17N3O3. The van der Waals surface area contributed by atoms with Crippen molar-refractivity contribution in [3.8, 4) is 17.2 Å². The average Bonchev–Trinajstić information content (AvgIpc) is 3.21. The summed E-state index contributed by atoms with van der Waals surface area (Å²) in [6, 6.07) is 21.4. The van der Waals surface area contributed by atoms with Gasteiger partial charge in [-0.2, -0.15) is 0 Å². The molecule has 0 saturated carbocycles. The molecule has 0 radical (unpaired) electrons. The summed E-state index contributed by atoms with van der Waals surface area (Å²) < 4.78 is 7.29. The maximum absolute atomic E-state index is 12.1. The van der Waals surface area contributed by atoms with Gasteiger partial charge in [-0.3, -0.25) is 14.5 Å². The van der Waals surface area contributed by atoms with Gasteiger partial charge < -0.3 is 9.52 Å². The molecule has 0 bridgehead atoms. The molecule has 1 aliphatic rings. The van der Waals surface area contributed by atoms with Crippen molar-refractivity contribution in [1.29, 1.82) is 0 Å². The Morgan fingerprint density at radius 3 is 2.25 bits per heavy atom. The number of aromatic nitrogens is 2. The molecule has 0 atom stereocenters. The third-order valence-electron chi connectivity index (χ3n) is 5.03. The highest BCUT2D eigenvalue weighted by Crippen LogP contribution is 2.38. The Labute approximate surface area is 160 Å². The van der Waals surface area contributed by atoms with E-state index in [0.717, 1.165) is 11.1 Å². The number of pyridine rings is 1. The first-order chi connectivity index (χ1) is 13.7. The molecule has 2 aromatic heterocycles. The van der Waals surface area contributed by atoms with Crippen LogP contribution in [0.3, 0.4) is 0 Å². The van der Waals surface area contributed by atoms with Crippen molar-refractivity contribution >= 4 is 0 Å². The van der Waals surface area contributed by atoms with Crippen LogP contribution in [0.2, 0.25) is 0 Å². The van der Waals surface area contributed by atoms with Crippen LogP contribution >= 0.6 is 0 Å². The quantitative estimate of drug-likeness (QED) is 0.597. The second-order valence-electron chi connectivity index (χ2n) is 6.67. The Bertz CT molecular complexity index is 1140. The molecule has 3 heterocycles. The molecule has 6 heteroatoms. The van der Waals surface area contributed by atoms with E-state index < -0.39 is 5.43 Å². The van der Waals surface area contributed by atoms with E-state index in [1.165, 1.54) is 12.5 Å². The van der Waals surface area contributed by atoms with Crippen LogP contribution in [0.25, 0.3) is 11.5 Å². The second-order valence-corrected chi connectivity index (χ2v) is 6.67. The lowest BCUT2D eigenvalue weighted by Gasteiger charge is -2.39. The van der Waals surface area contributed by atoms with E-state index in [-0.39, 0.29) is 11.8 Å². The molecule has 138 valence electrons. The Morgan fingerprint density at radius 2 is 1.61 bits per heavy atom. The number of fused-ring (bicyclic) bond motifs is 3. The summed E-state index contributed by atoms with van der Waals surface area (Å²) in [6.45, 7) is 0.468. The molecular weight excluding hydrogens is 354 g/mol. The molecule has 28 heavy (non-hydrogen) atoms. The summed E-state index contributed by atoms with van der Waals surface area (Å²) in [4.78, 5) is 16.4. The number of benzene rings is 2. The minimum Gasteiger partial charge on any atom is -0.503 e. The predicted octanol–water partition coefficient (Wildman–Crippen LogP) is 3.45. The normalized spacial score (nSPS) is 12.7. The zero-order chi connectivity index (χ0) is 19.1. The van der Waals surface area contributed by atoms with E-state index in [1.54, 1.807) is 10.9 Å². The second kappa shape index (κ2) is 6.42. The molecule has 1 aliphatic heterocycles.